The van der Waals surface area contributed by atoms with Gasteiger partial charge in [0, 0.05) is 18.9 Å². The van der Waals surface area contributed by atoms with Crippen LogP contribution in [0.2, 0.25) is 0 Å². The van der Waals surface area contributed by atoms with Crippen LogP contribution in [0.25, 0.3) is 0 Å². The number of carbonyl (C=O) groups is 1. The molecule has 0 aliphatic carbocycles. The Kier molecular flexibility index (Phi) is 2.28. The molecule has 1 N–H and O–H groups in total. The monoisotopic (exact) mass is 168 g/mol. The Morgan fingerprint density at radius 1 is 1.83 bits per heavy atom. The molecule has 0 radical (unpaired) electrons. The van der Waals surface area contributed by atoms with Gasteiger partial charge in [0.05, 0.1) is 0 Å². The summed E-state index contributed by atoms with van der Waals surface area (Å²) in [5, 5.41) is 9.54. The average molecular weight is 168 g/mol. The second-order valence-corrected chi connectivity index (χ2v) is 2.80. The number of aliphatic hydroxyl groups is 1. The molecule has 66 valence electrons. The van der Waals surface area contributed by atoms with Gasteiger partial charge in [-0.25, -0.2) is 4.98 Å². The molecule has 0 amide bonds. The van der Waals surface area contributed by atoms with Crippen molar-refractivity contribution in [1.82, 2.24) is 9.55 Å². The first-order valence-corrected chi connectivity index (χ1v) is 3.82. The highest BCUT2D eigenvalue weighted by Crippen LogP contribution is 2.15. The zero-order chi connectivity index (χ0) is 9.19. The molecule has 0 aromatic carbocycles. The van der Waals surface area contributed by atoms with Gasteiger partial charge in [-0.1, -0.05) is 0 Å². The average Bonchev–Trinajstić information content (AvgIpc) is 2.52. The van der Waals surface area contributed by atoms with E-state index in [1.165, 1.54) is 6.92 Å². The van der Waals surface area contributed by atoms with Gasteiger partial charge in [-0.05, 0) is 13.8 Å². The van der Waals surface area contributed by atoms with Crippen LogP contribution in [-0.4, -0.2) is 20.9 Å². The van der Waals surface area contributed by atoms with Gasteiger partial charge >= 0.3 is 0 Å². The van der Waals surface area contributed by atoms with E-state index < -0.39 is 5.60 Å². The van der Waals surface area contributed by atoms with Crippen LogP contribution in [0, 0.1) is 0 Å². The van der Waals surface area contributed by atoms with Crippen molar-refractivity contribution >= 4 is 6.29 Å². The summed E-state index contributed by atoms with van der Waals surface area (Å²) in [6, 6.07) is 0. The van der Waals surface area contributed by atoms with Crippen LogP contribution in [0.15, 0.2) is 12.4 Å². The Hall–Kier alpha value is -1.16. The molecule has 1 atom stereocenters. The lowest BCUT2D eigenvalue weighted by Crippen LogP contribution is -2.27. The van der Waals surface area contributed by atoms with Gasteiger partial charge in [0.25, 0.3) is 0 Å². The zero-order valence-corrected chi connectivity index (χ0v) is 7.19. The van der Waals surface area contributed by atoms with Crippen LogP contribution < -0.4 is 0 Å². The van der Waals surface area contributed by atoms with E-state index in [0.717, 1.165) is 0 Å². The Balaban J connectivity index is 3.08. The molecule has 0 saturated heterocycles. The molecule has 0 fully saturated rings. The number of aldehydes is 1. The smallest absolute Gasteiger partial charge is 0.174 e. The van der Waals surface area contributed by atoms with Crippen LogP contribution in [0.1, 0.15) is 19.7 Å². The molecule has 4 heteroatoms. The third-order valence-corrected chi connectivity index (χ3v) is 1.74. The number of aromatic nitrogens is 2. The maximum atomic E-state index is 10.5. The van der Waals surface area contributed by atoms with E-state index in [1.54, 1.807) is 17.0 Å². The summed E-state index contributed by atoms with van der Waals surface area (Å²) in [7, 11) is 0. The van der Waals surface area contributed by atoms with Crippen molar-refractivity contribution in [3.05, 3.63) is 18.2 Å². The van der Waals surface area contributed by atoms with Crippen molar-refractivity contribution in [1.29, 1.82) is 0 Å². The largest absolute Gasteiger partial charge is 0.375 e. The molecular formula is C8H12N2O2. The standard InChI is InChI=1S/C8H12N2O2/c1-3-10-5-4-9-7(10)8(2,12)6-11/h4-6,12H,3H2,1-2H3. The Labute approximate surface area is 70.9 Å². The van der Waals surface area contributed by atoms with E-state index in [1.807, 2.05) is 6.92 Å². The molecule has 0 saturated carbocycles. The molecule has 1 unspecified atom stereocenters. The van der Waals surface area contributed by atoms with Gasteiger partial charge < -0.3 is 9.67 Å². The summed E-state index contributed by atoms with van der Waals surface area (Å²) in [4.78, 5) is 14.4. The molecular weight excluding hydrogens is 156 g/mol. The van der Waals surface area contributed by atoms with Crippen molar-refractivity contribution in [3.63, 3.8) is 0 Å². The second-order valence-electron chi connectivity index (χ2n) is 2.80. The molecule has 1 rings (SSSR count). The number of carbonyl (C=O) groups excluding carboxylic acids is 1. The lowest BCUT2D eigenvalue weighted by atomic mass is 10.1. The fraction of sp³-hybridized carbons (Fsp3) is 0.500. The maximum Gasteiger partial charge on any atom is 0.174 e. The van der Waals surface area contributed by atoms with Gasteiger partial charge in [-0.3, -0.25) is 4.79 Å². The molecule has 0 aliphatic rings. The first-order valence-electron chi connectivity index (χ1n) is 3.82. The van der Waals surface area contributed by atoms with E-state index in [2.05, 4.69) is 4.98 Å². The van der Waals surface area contributed by atoms with Gasteiger partial charge in [-0.2, -0.15) is 0 Å². The topological polar surface area (TPSA) is 55.1 Å². The molecule has 1 aromatic heterocycles. The van der Waals surface area contributed by atoms with Crippen LogP contribution in [0.5, 0.6) is 0 Å². The SMILES string of the molecule is CCn1ccnc1C(C)(O)C=O. The fourth-order valence-corrected chi connectivity index (χ4v) is 1.06. The lowest BCUT2D eigenvalue weighted by Gasteiger charge is -2.15. The van der Waals surface area contributed by atoms with Gasteiger partial charge in [-0.15, -0.1) is 0 Å². The molecule has 0 aliphatic heterocycles. The summed E-state index contributed by atoms with van der Waals surface area (Å²) in [6.45, 7) is 4.04. The van der Waals surface area contributed by atoms with Crippen molar-refractivity contribution in [2.75, 3.05) is 0 Å². The number of hydrogen-bond donors (Lipinski definition) is 1. The molecule has 1 heterocycles. The van der Waals surface area contributed by atoms with Crippen molar-refractivity contribution < 1.29 is 9.90 Å². The van der Waals surface area contributed by atoms with Gasteiger partial charge in [0.1, 0.15) is 5.82 Å². The highest BCUT2D eigenvalue weighted by Gasteiger charge is 2.26. The number of nitrogens with zero attached hydrogens (tertiary/aromatic N) is 2. The molecule has 4 nitrogen and oxygen atoms in total. The number of rotatable bonds is 3. The lowest BCUT2D eigenvalue weighted by molar-refractivity contribution is -0.124. The van der Waals surface area contributed by atoms with E-state index in [9.17, 15) is 9.90 Å². The predicted molar refractivity (Wildman–Crippen MR) is 43.5 cm³/mol. The van der Waals surface area contributed by atoms with Gasteiger partial charge in [0.15, 0.2) is 11.9 Å². The molecule has 12 heavy (non-hydrogen) atoms. The summed E-state index contributed by atoms with van der Waals surface area (Å²) in [6.07, 6.45) is 3.78. The molecule has 1 aromatic rings. The van der Waals surface area contributed by atoms with Crippen molar-refractivity contribution in [2.45, 2.75) is 26.0 Å². The quantitative estimate of drug-likeness (QED) is 0.661. The van der Waals surface area contributed by atoms with E-state index in [0.29, 0.717) is 18.7 Å². The minimum absolute atomic E-state index is 0.389. The maximum absolute atomic E-state index is 10.5. The number of imidazole rings is 1. The summed E-state index contributed by atoms with van der Waals surface area (Å²) in [5.74, 6) is 0.389. The van der Waals surface area contributed by atoms with Gasteiger partial charge in [0.2, 0.25) is 0 Å². The predicted octanol–water partition coefficient (Wildman–Crippen LogP) is 0.309. The van der Waals surface area contributed by atoms with Crippen LogP contribution in [-0.2, 0) is 16.9 Å². The highest BCUT2D eigenvalue weighted by molar-refractivity contribution is 5.62. The first-order chi connectivity index (χ1) is 5.61. The summed E-state index contributed by atoms with van der Waals surface area (Å²) >= 11 is 0. The van der Waals surface area contributed by atoms with Crippen molar-refractivity contribution in [2.24, 2.45) is 0 Å². The molecule has 0 spiro atoms. The minimum Gasteiger partial charge on any atom is -0.375 e. The zero-order valence-electron chi connectivity index (χ0n) is 7.19. The Morgan fingerprint density at radius 3 is 3.00 bits per heavy atom. The van der Waals surface area contributed by atoms with Crippen molar-refractivity contribution in [3.8, 4) is 0 Å². The normalized spacial score (nSPS) is 15.6. The number of hydrogen-bond acceptors (Lipinski definition) is 3. The molecule has 0 bridgehead atoms. The van der Waals surface area contributed by atoms with Crippen LogP contribution >= 0.6 is 0 Å². The first kappa shape index (κ1) is 8.93. The summed E-state index contributed by atoms with van der Waals surface area (Å²) < 4.78 is 1.73. The fourth-order valence-electron chi connectivity index (χ4n) is 1.06. The Bertz CT molecular complexity index is 278. The van der Waals surface area contributed by atoms with E-state index in [4.69, 9.17) is 0 Å². The second kappa shape index (κ2) is 3.06. The van der Waals surface area contributed by atoms with E-state index in [-0.39, 0.29) is 0 Å². The van der Waals surface area contributed by atoms with Crippen LogP contribution in [0.4, 0.5) is 0 Å². The number of aryl methyl sites for hydroxylation is 1. The highest BCUT2D eigenvalue weighted by atomic mass is 16.3. The summed E-state index contributed by atoms with van der Waals surface area (Å²) in [5.41, 5.74) is -1.47. The Morgan fingerprint density at radius 2 is 2.50 bits per heavy atom. The minimum atomic E-state index is -1.47. The third-order valence-electron chi connectivity index (χ3n) is 1.74. The van der Waals surface area contributed by atoms with Crippen LogP contribution in [0.3, 0.4) is 0 Å². The third kappa shape index (κ3) is 1.38. The van der Waals surface area contributed by atoms with E-state index >= 15 is 0 Å².